The number of nitrogens with zero attached hydrogens (tertiary/aromatic N) is 1. The van der Waals surface area contributed by atoms with Gasteiger partial charge >= 0.3 is 0 Å². The summed E-state index contributed by atoms with van der Waals surface area (Å²) in [7, 11) is 0. The van der Waals surface area contributed by atoms with Gasteiger partial charge in [-0.05, 0) is 80.5 Å². The van der Waals surface area contributed by atoms with Gasteiger partial charge in [-0.25, -0.2) is 0 Å². The predicted molar refractivity (Wildman–Crippen MR) is 186 cm³/mol. The summed E-state index contributed by atoms with van der Waals surface area (Å²) in [4.78, 5) is 2.31. The summed E-state index contributed by atoms with van der Waals surface area (Å²) in [6.45, 7) is 0. The lowest BCUT2D eigenvalue weighted by Crippen LogP contribution is -2.09. The van der Waals surface area contributed by atoms with Crippen molar-refractivity contribution in [3.8, 4) is 11.1 Å². The smallest absolute Gasteiger partial charge is 0.143 e. The van der Waals surface area contributed by atoms with Crippen LogP contribution in [0, 0.1) is 0 Å². The topological polar surface area (TPSA) is 16.4 Å². The first-order valence-corrected chi connectivity index (χ1v) is 15.0. The van der Waals surface area contributed by atoms with Gasteiger partial charge in [0.25, 0.3) is 0 Å². The molecule has 2 heteroatoms. The maximum absolute atomic E-state index is 6.71. The molecule has 1 aromatic heterocycles. The van der Waals surface area contributed by atoms with E-state index < -0.39 is 0 Å². The van der Waals surface area contributed by atoms with E-state index >= 15 is 0 Å². The van der Waals surface area contributed by atoms with Crippen LogP contribution < -0.4 is 4.90 Å². The van der Waals surface area contributed by atoms with Crippen molar-refractivity contribution in [3.63, 3.8) is 0 Å². The molecule has 206 valence electrons. The molecule has 0 unspecified atom stereocenters. The molecule has 0 spiro atoms. The third kappa shape index (κ3) is 3.89. The monoisotopic (exact) mass is 561 g/mol. The van der Waals surface area contributed by atoms with Crippen LogP contribution in [0.3, 0.4) is 0 Å². The molecule has 0 aliphatic rings. The molecule has 1 heterocycles. The lowest BCUT2D eigenvalue weighted by Gasteiger charge is -2.26. The minimum atomic E-state index is 0.876. The zero-order chi connectivity index (χ0) is 29.0. The van der Waals surface area contributed by atoms with Crippen LogP contribution in [0.2, 0.25) is 0 Å². The lowest BCUT2D eigenvalue weighted by molar-refractivity contribution is 0.673. The maximum atomic E-state index is 6.71. The number of furan rings is 1. The molecular formula is C42H27NO. The van der Waals surface area contributed by atoms with E-state index in [1.54, 1.807) is 0 Å². The molecule has 0 saturated carbocycles. The number of rotatable bonds is 4. The Kier molecular flexibility index (Phi) is 5.54. The van der Waals surface area contributed by atoms with Gasteiger partial charge in [-0.1, -0.05) is 115 Å². The van der Waals surface area contributed by atoms with Crippen molar-refractivity contribution in [2.45, 2.75) is 0 Å². The largest absolute Gasteiger partial charge is 0.455 e. The molecule has 0 fully saturated rings. The number of para-hydroxylation sites is 1. The van der Waals surface area contributed by atoms with Gasteiger partial charge in [-0.2, -0.15) is 0 Å². The van der Waals surface area contributed by atoms with Crippen molar-refractivity contribution < 1.29 is 4.42 Å². The molecule has 0 N–H and O–H groups in total. The molecule has 0 atom stereocenters. The minimum absolute atomic E-state index is 0.876. The molecule has 0 aliphatic heterocycles. The summed E-state index contributed by atoms with van der Waals surface area (Å²) in [5.41, 5.74) is 7.48. The molecule has 8 aromatic carbocycles. The Labute approximate surface area is 255 Å². The molecule has 9 aromatic rings. The van der Waals surface area contributed by atoms with Gasteiger partial charge in [-0.3, -0.25) is 0 Å². The normalized spacial score (nSPS) is 11.6. The van der Waals surface area contributed by atoms with Crippen molar-refractivity contribution in [3.05, 3.63) is 164 Å². The standard InChI is InChI=1S/C42H27NO/c1-3-11-28(12-4-1)39-27-40-37-24-22-33(26-41(37)44-42(40)38-18-10-9-17-36(38)39)43(31-14-5-2-6-15-31)32-21-23-35-30(25-32)20-19-29-13-7-8-16-34(29)35/h1-27H. The molecule has 0 aliphatic carbocycles. The van der Waals surface area contributed by atoms with Crippen LogP contribution in [0.15, 0.2) is 168 Å². The van der Waals surface area contributed by atoms with Crippen LogP contribution in [0.5, 0.6) is 0 Å². The summed E-state index contributed by atoms with van der Waals surface area (Å²) in [5, 5.41) is 9.57. The van der Waals surface area contributed by atoms with Crippen LogP contribution in [0.25, 0.3) is 65.4 Å². The summed E-state index contributed by atoms with van der Waals surface area (Å²) in [6, 6.07) is 58.4. The van der Waals surface area contributed by atoms with Gasteiger partial charge in [-0.15, -0.1) is 0 Å². The Hall–Kier alpha value is -5.86. The molecular weight excluding hydrogens is 534 g/mol. The molecule has 9 rings (SSSR count). The van der Waals surface area contributed by atoms with Gasteiger partial charge in [0.05, 0.1) is 0 Å². The Morgan fingerprint density at radius 3 is 1.80 bits per heavy atom. The van der Waals surface area contributed by atoms with Crippen LogP contribution in [-0.2, 0) is 0 Å². The van der Waals surface area contributed by atoms with Gasteiger partial charge < -0.3 is 9.32 Å². The van der Waals surface area contributed by atoms with Gasteiger partial charge in [0.15, 0.2) is 0 Å². The average molecular weight is 562 g/mol. The summed E-state index contributed by atoms with van der Waals surface area (Å²) < 4.78 is 6.71. The van der Waals surface area contributed by atoms with Crippen molar-refractivity contribution in [2.75, 3.05) is 4.90 Å². The summed E-state index contributed by atoms with van der Waals surface area (Å²) in [5.74, 6) is 0. The van der Waals surface area contributed by atoms with Crippen LogP contribution in [0.1, 0.15) is 0 Å². The van der Waals surface area contributed by atoms with E-state index in [9.17, 15) is 0 Å². The molecule has 0 saturated heterocycles. The van der Waals surface area contributed by atoms with Crippen molar-refractivity contribution in [1.29, 1.82) is 0 Å². The first kappa shape index (κ1) is 24.7. The van der Waals surface area contributed by atoms with E-state index in [0.717, 1.165) is 44.4 Å². The number of hydrogen-bond donors (Lipinski definition) is 0. The molecule has 0 amide bonds. The molecule has 44 heavy (non-hydrogen) atoms. The highest BCUT2D eigenvalue weighted by Gasteiger charge is 2.18. The van der Waals surface area contributed by atoms with E-state index in [4.69, 9.17) is 4.42 Å². The first-order chi connectivity index (χ1) is 21.8. The Balaban J connectivity index is 1.25. The Bertz CT molecular complexity index is 2490. The second kappa shape index (κ2) is 9.86. The summed E-state index contributed by atoms with van der Waals surface area (Å²) >= 11 is 0. The highest BCUT2D eigenvalue weighted by molar-refractivity contribution is 6.19. The second-order valence-electron chi connectivity index (χ2n) is 11.4. The Morgan fingerprint density at radius 1 is 0.364 bits per heavy atom. The van der Waals surface area contributed by atoms with E-state index in [1.165, 1.54) is 38.1 Å². The average Bonchev–Trinajstić information content (AvgIpc) is 3.47. The Morgan fingerprint density at radius 2 is 0.977 bits per heavy atom. The van der Waals surface area contributed by atoms with Crippen molar-refractivity contribution in [1.82, 2.24) is 0 Å². The maximum Gasteiger partial charge on any atom is 0.143 e. The minimum Gasteiger partial charge on any atom is -0.455 e. The zero-order valence-corrected chi connectivity index (χ0v) is 23.9. The van der Waals surface area contributed by atoms with Crippen LogP contribution in [0.4, 0.5) is 17.1 Å². The fourth-order valence-corrected chi connectivity index (χ4v) is 6.75. The lowest BCUT2D eigenvalue weighted by atomic mass is 9.95. The number of fused-ring (bicyclic) bond motifs is 8. The zero-order valence-electron chi connectivity index (χ0n) is 23.9. The van der Waals surface area contributed by atoms with E-state index in [-0.39, 0.29) is 0 Å². The fraction of sp³-hybridized carbons (Fsp3) is 0. The highest BCUT2D eigenvalue weighted by atomic mass is 16.3. The highest BCUT2D eigenvalue weighted by Crippen LogP contribution is 2.43. The van der Waals surface area contributed by atoms with E-state index in [0.29, 0.717) is 0 Å². The SMILES string of the molecule is c1ccc(-c2cc3c4ccc(N(c5ccccc5)c5ccc6c(ccc7ccccc76)c5)cc4oc3c3ccccc23)cc1. The number of benzene rings is 8. The number of hydrogen-bond acceptors (Lipinski definition) is 2. The quantitative estimate of drug-likeness (QED) is 0.199. The first-order valence-electron chi connectivity index (χ1n) is 15.0. The predicted octanol–water partition coefficient (Wildman–Crippen LogP) is 12.2. The molecule has 0 bridgehead atoms. The van der Waals surface area contributed by atoms with E-state index in [2.05, 4.69) is 169 Å². The second-order valence-corrected chi connectivity index (χ2v) is 11.4. The number of anilines is 3. The van der Waals surface area contributed by atoms with Crippen LogP contribution in [-0.4, -0.2) is 0 Å². The van der Waals surface area contributed by atoms with Crippen LogP contribution >= 0.6 is 0 Å². The summed E-state index contributed by atoms with van der Waals surface area (Å²) in [6.07, 6.45) is 0. The van der Waals surface area contributed by atoms with Gasteiger partial charge in [0.1, 0.15) is 11.2 Å². The van der Waals surface area contributed by atoms with Gasteiger partial charge in [0.2, 0.25) is 0 Å². The van der Waals surface area contributed by atoms with Gasteiger partial charge in [0, 0.05) is 39.3 Å². The fourth-order valence-electron chi connectivity index (χ4n) is 6.75. The molecule has 2 nitrogen and oxygen atoms in total. The van der Waals surface area contributed by atoms with Crippen molar-refractivity contribution >= 4 is 71.3 Å². The third-order valence-corrected chi connectivity index (χ3v) is 8.81. The van der Waals surface area contributed by atoms with Crippen molar-refractivity contribution in [2.24, 2.45) is 0 Å². The third-order valence-electron chi connectivity index (χ3n) is 8.81. The van der Waals surface area contributed by atoms with E-state index in [1.807, 2.05) is 0 Å². The molecule has 0 radical (unpaired) electrons.